The largest absolute Gasteiger partial charge is 0.469 e. The molecule has 0 unspecified atom stereocenters. The Labute approximate surface area is 144 Å². The van der Waals surface area contributed by atoms with Gasteiger partial charge in [0.05, 0.1) is 6.61 Å². The number of nitrogens with one attached hydrogen (secondary N) is 1. The minimum atomic E-state index is -4.90. The van der Waals surface area contributed by atoms with Gasteiger partial charge in [0, 0.05) is 6.07 Å². The van der Waals surface area contributed by atoms with Gasteiger partial charge in [0.2, 0.25) is 0 Å². The highest BCUT2D eigenvalue weighted by atomic mass is 31.2. The van der Waals surface area contributed by atoms with Gasteiger partial charge in [-0.15, -0.1) is 0 Å². The van der Waals surface area contributed by atoms with Gasteiger partial charge in [-0.25, -0.2) is 13.8 Å². The molecule has 150 valence electrons. The summed E-state index contributed by atoms with van der Waals surface area (Å²) in [5, 5.41) is 9.72. The van der Waals surface area contributed by atoms with Crippen molar-refractivity contribution >= 4 is 13.7 Å². The van der Waals surface area contributed by atoms with E-state index in [0.29, 0.717) is 10.6 Å². The number of ether oxygens (including phenoxy) is 1. The highest BCUT2D eigenvalue weighted by molar-refractivity contribution is 7.46. The molecule has 26 heavy (non-hydrogen) atoms. The third-order valence-corrected chi connectivity index (χ3v) is 3.67. The summed E-state index contributed by atoms with van der Waals surface area (Å²) in [6.07, 6.45) is -7.59. The molecule has 0 radical (unpaired) electrons. The van der Waals surface area contributed by atoms with Crippen LogP contribution in [0.2, 0.25) is 0 Å². The predicted octanol–water partition coefficient (Wildman–Crippen LogP) is -2.33. The number of alkyl halides is 1. The fourth-order valence-electron chi connectivity index (χ4n) is 2.17. The molecule has 0 spiro atoms. The van der Waals surface area contributed by atoms with Crippen LogP contribution in [-0.4, -0.2) is 55.3 Å². The Morgan fingerprint density at radius 3 is 2.50 bits per heavy atom. The number of nitrogens with two attached hydrogens (primary N) is 1. The third-order valence-electron chi connectivity index (χ3n) is 3.18. The summed E-state index contributed by atoms with van der Waals surface area (Å²) in [5.74, 6) is -1.22. The highest BCUT2D eigenvalue weighted by Crippen LogP contribution is 2.38. The van der Waals surface area contributed by atoms with E-state index in [1.54, 1.807) is 4.98 Å². The molecule has 2 rings (SSSR count). The zero-order valence-electron chi connectivity index (χ0n) is 13.1. The Morgan fingerprint density at radius 2 is 2.00 bits per heavy atom. The summed E-state index contributed by atoms with van der Waals surface area (Å²) < 4.78 is 34.4. The smallest absolute Gasteiger partial charge is 0.387 e. The van der Waals surface area contributed by atoms with E-state index in [1.165, 1.54) is 0 Å². The van der Waals surface area contributed by atoms with Crippen LogP contribution in [0.4, 0.5) is 4.39 Å². The number of nitrogens with zero attached hydrogens (tertiary/aromatic N) is 1. The summed E-state index contributed by atoms with van der Waals surface area (Å²) in [6.45, 7) is -0.883. The van der Waals surface area contributed by atoms with Crippen LogP contribution in [0, 0.1) is 0 Å². The summed E-state index contributed by atoms with van der Waals surface area (Å²) in [5.41, 5.74) is 2.19. The van der Waals surface area contributed by atoms with Gasteiger partial charge in [0.15, 0.2) is 12.4 Å². The molecule has 1 saturated heterocycles. The van der Waals surface area contributed by atoms with E-state index in [-0.39, 0.29) is 12.3 Å². The van der Waals surface area contributed by atoms with Gasteiger partial charge in [0.25, 0.3) is 11.5 Å². The SMILES string of the molecule is N.N.NC(=O)c1cc(=O)[nH]c(=O)n1[C@@H]1O[C@H](COP(=O)(O)O)[C@@H](O)[C@H]1F. The van der Waals surface area contributed by atoms with Gasteiger partial charge in [-0.1, -0.05) is 0 Å². The highest BCUT2D eigenvalue weighted by Gasteiger charge is 2.47. The summed E-state index contributed by atoms with van der Waals surface area (Å²) in [6, 6.07) is 0.645. The molecular weight excluding hydrogens is 384 g/mol. The maximum Gasteiger partial charge on any atom is 0.469 e. The maximum atomic E-state index is 14.2. The molecule has 0 bridgehead atoms. The lowest BCUT2D eigenvalue weighted by atomic mass is 10.1. The monoisotopic (exact) mass is 403 g/mol. The number of phosphoric acid groups is 1. The van der Waals surface area contributed by atoms with Crippen molar-refractivity contribution in [3.8, 4) is 0 Å². The average molecular weight is 403 g/mol. The number of carbonyl (C=O) groups excluding carboxylic acids is 1. The van der Waals surface area contributed by atoms with Gasteiger partial charge < -0.3 is 37.7 Å². The Hall–Kier alpha value is -1.97. The standard InChI is InChI=1S/C10H13FN3O9P.2H3N/c11-6-7(16)4(2-22-24(19,20)21)23-9(6)14-3(8(12)17)1-5(15)13-10(14)18;;/h1,4,6-7,9,16H,2H2,(H2,12,17)(H,13,15,18)(H2,19,20,21);2*1H3/t4-,6-,7-,9-;;/m1../s1. The van der Waals surface area contributed by atoms with E-state index >= 15 is 0 Å². The number of primary amides is 1. The molecule has 16 heteroatoms. The van der Waals surface area contributed by atoms with E-state index in [9.17, 15) is 28.4 Å². The molecule has 1 aromatic heterocycles. The summed E-state index contributed by atoms with van der Waals surface area (Å²) in [7, 11) is -4.90. The molecule has 1 amide bonds. The number of aliphatic hydroxyl groups excluding tert-OH is 1. The number of rotatable bonds is 5. The molecular formula is C10H19FN5O9P. The van der Waals surface area contributed by atoms with Gasteiger partial charge in [-0.05, 0) is 0 Å². The molecule has 1 aliphatic rings. The number of aliphatic hydroxyl groups is 1. The van der Waals surface area contributed by atoms with Crippen LogP contribution >= 0.6 is 7.82 Å². The number of hydrogen-bond donors (Lipinski definition) is 7. The van der Waals surface area contributed by atoms with Crippen molar-refractivity contribution in [3.05, 3.63) is 32.6 Å². The Morgan fingerprint density at radius 1 is 1.42 bits per heavy atom. The number of phosphoric ester groups is 1. The zero-order chi connectivity index (χ0) is 18.2. The Kier molecular flexibility index (Phi) is 7.96. The lowest BCUT2D eigenvalue weighted by molar-refractivity contribution is -0.0489. The molecule has 1 aromatic rings. The fourth-order valence-corrected chi connectivity index (χ4v) is 2.51. The van der Waals surface area contributed by atoms with Crippen LogP contribution in [0.3, 0.4) is 0 Å². The van der Waals surface area contributed by atoms with Crippen molar-refractivity contribution in [1.29, 1.82) is 0 Å². The molecule has 0 aromatic carbocycles. The normalized spacial score (nSPS) is 25.2. The quantitative estimate of drug-likeness (QED) is 0.256. The summed E-state index contributed by atoms with van der Waals surface area (Å²) in [4.78, 5) is 53.4. The van der Waals surface area contributed by atoms with E-state index in [0.717, 1.165) is 0 Å². The van der Waals surface area contributed by atoms with Crippen molar-refractivity contribution in [3.63, 3.8) is 0 Å². The van der Waals surface area contributed by atoms with Crippen molar-refractivity contribution in [2.24, 2.45) is 5.73 Å². The first-order valence-corrected chi connectivity index (χ1v) is 7.87. The second-order valence-corrected chi connectivity index (χ2v) is 6.08. The van der Waals surface area contributed by atoms with Crippen molar-refractivity contribution in [2.75, 3.05) is 6.61 Å². The molecule has 1 fully saturated rings. The van der Waals surface area contributed by atoms with Crippen LogP contribution in [0.15, 0.2) is 15.7 Å². The number of hydrogen-bond acceptors (Lipinski definition) is 9. The topological polar surface area (TPSA) is 264 Å². The lowest BCUT2D eigenvalue weighted by Crippen LogP contribution is -2.40. The van der Waals surface area contributed by atoms with Gasteiger partial charge in [-0.2, -0.15) is 0 Å². The zero-order valence-corrected chi connectivity index (χ0v) is 14.0. The molecule has 0 saturated carbocycles. The second kappa shape index (κ2) is 8.61. The van der Waals surface area contributed by atoms with Crippen LogP contribution in [0.5, 0.6) is 0 Å². The number of aromatic amines is 1. The molecule has 2 heterocycles. The average Bonchev–Trinajstić information content (AvgIpc) is 2.71. The molecule has 0 aliphatic carbocycles. The number of halogens is 1. The maximum absolute atomic E-state index is 14.2. The minimum absolute atomic E-state index is 0. The Balaban J connectivity index is 0.00000312. The van der Waals surface area contributed by atoms with Crippen molar-refractivity contribution in [1.82, 2.24) is 21.9 Å². The summed E-state index contributed by atoms with van der Waals surface area (Å²) >= 11 is 0. The number of carbonyl (C=O) groups is 1. The molecule has 14 nitrogen and oxygen atoms in total. The molecule has 4 atom stereocenters. The van der Waals surface area contributed by atoms with Crippen molar-refractivity contribution in [2.45, 2.75) is 24.6 Å². The van der Waals surface area contributed by atoms with E-state index in [1.807, 2.05) is 0 Å². The first kappa shape index (κ1) is 24.0. The number of H-pyrrole nitrogens is 1. The third kappa shape index (κ3) is 5.03. The fraction of sp³-hybridized carbons (Fsp3) is 0.500. The first-order chi connectivity index (χ1) is 11.0. The Bertz CT molecular complexity index is 807. The number of amides is 1. The molecule has 1 aliphatic heterocycles. The van der Waals surface area contributed by atoms with Gasteiger partial charge in [0.1, 0.15) is 17.9 Å². The molecule has 12 N–H and O–H groups in total. The van der Waals surface area contributed by atoms with Gasteiger partial charge in [-0.3, -0.25) is 23.7 Å². The first-order valence-electron chi connectivity index (χ1n) is 6.34. The van der Waals surface area contributed by atoms with Crippen LogP contribution in [0.25, 0.3) is 0 Å². The van der Waals surface area contributed by atoms with E-state index in [2.05, 4.69) is 4.52 Å². The van der Waals surface area contributed by atoms with Gasteiger partial charge >= 0.3 is 13.5 Å². The van der Waals surface area contributed by atoms with Crippen LogP contribution < -0.4 is 29.3 Å². The predicted molar refractivity (Wildman–Crippen MR) is 82.7 cm³/mol. The van der Waals surface area contributed by atoms with E-state index < -0.39 is 61.9 Å². The number of aromatic nitrogens is 2. The van der Waals surface area contributed by atoms with Crippen LogP contribution in [0.1, 0.15) is 16.7 Å². The second-order valence-electron chi connectivity index (χ2n) is 4.84. The minimum Gasteiger partial charge on any atom is -0.387 e. The van der Waals surface area contributed by atoms with Crippen LogP contribution in [-0.2, 0) is 13.8 Å². The van der Waals surface area contributed by atoms with E-state index in [4.69, 9.17) is 20.3 Å². The lowest BCUT2D eigenvalue weighted by Gasteiger charge is -2.18. The van der Waals surface area contributed by atoms with Crippen molar-refractivity contribution < 1.29 is 37.9 Å².